The van der Waals surface area contributed by atoms with Gasteiger partial charge in [-0.3, -0.25) is 4.79 Å². The average Bonchev–Trinajstić information content (AvgIpc) is 2.74. The molecule has 4 nitrogen and oxygen atoms in total. The molecule has 1 N–H and O–H groups in total. The number of hydrogen-bond acceptors (Lipinski definition) is 3. The minimum atomic E-state index is -0.581. The number of phenolic OH excluding ortho intramolecular Hbond substituents is 1. The van der Waals surface area contributed by atoms with E-state index in [1.807, 2.05) is 6.92 Å². The van der Waals surface area contributed by atoms with Gasteiger partial charge in [0.15, 0.2) is 0 Å². The van der Waals surface area contributed by atoms with Gasteiger partial charge in [-0.05, 0) is 25.1 Å². The summed E-state index contributed by atoms with van der Waals surface area (Å²) in [5.74, 6) is -0.579. The van der Waals surface area contributed by atoms with Crippen molar-refractivity contribution in [1.82, 2.24) is 4.90 Å². The van der Waals surface area contributed by atoms with Crippen LogP contribution in [-0.4, -0.2) is 23.0 Å². The van der Waals surface area contributed by atoms with E-state index in [1.54, 1.807) is 19.4 Å². The minimum Gasteiger partial charge on any atom is -0.507 e. The second-order valence-corrected chi connectivity index (χ2v) is 4.32. The first-order chi connectivity index (χ1) is 8.99. The number of aromatic hydroxyl groups is 1. The maximum absolute atomic E-state index is 12.9. The molecular weight excluding hydrogens is 249 g/mol. The second kappa shape index (κ2) is 5.14. The van der Waals surface area contributed by atoms with Crippen molar-refractivity contribution in [3.05, 3.63) is 53.2 Å². The molecule has 1 aromatic carbocycles. The normalized spacial score (nSPS) is 10.5. The Labute approximate surface area is 110 Å². The lowest BCUT2D eigenvalue weighted by molar-refractivity contribution is 0.0781. The van der Waals surface area contributed by atoms with Crippen LogP contribution in [-0.2, 0) is 6.54 Å². The lowest BCUT2D eigenvalue weighted by atomic mass is 10.1. The van der Waals surface area contributed by atoms with E-state index in [-0.39, 0.29) is 17.2 Å². The first kappa shape index (κ1) is 13.1. The maximum Gasteiger partial charge on any atom is 0.257 e. The highest BCUT2D eigenvalue weighted by atomic mass is 19.1. The molecule has 0 unspecified atom stereocenters. The molecule has 1 amide bonds. The van der Waals surface area contributed by atoms with E-state index in [2.05, 4.69) is 0 Å². The van der Waals surface area contributed by atoms with Crippen molar-refractivity contribution < 1.29 is 18.7 Å². The molecule has 0 atom stereocenters. The summed E-state index contributed by atoms with van der Waals surface area (Å²) in [6.45, 7) is 2.17. The summed E-state index contributed by atoms with van der Waals surface area (Å²) in [6.07, 6.45) is 1.55. The zero-order chi connectivity index (χ0) is 14.0. The van der Waals surface area contributed by atoms with Crippen molar-refractivity contribution in [2.75, 3.05) is 7.05 Å². The van der Waals surface area contributed by atoms with E-state index in [4.69, 9.17) is 4.42 Å². The summed E-state index contributed by atoms with van der Waals surface area (Å²) in [4.78, 5) is 13.6. The molecule has 1 aromatic heterocycles. The monoisotopic (exact) mass is 263 g/mol. The van der Waals surface area contributed by atoms with Crippen LogP contribution in [0.1, 0.15) is 21.7 Å². The van der Waals surface area contributed by atoms with E-state index in [0.717, 1.165) is 23.5 Å². The molecular formula is C14H14FNO3. The fourth-order valence-corrected chi connectivity index (χ4v) is 1.79. The summed E-state index contributed by atoms with van der Waals surface area (Å²) < 4.78 is 18.0. The number of halogens is 1. The van der Waals surface area contributed by atoms with Gasteiger partial charge in [0.25, 0.3) is 5.91 Å². The molecule has 0 radical (unpaired) electrons. The number of hydrogen-bond donors (Lipinski definition) is 1. The third kappa shape index (κ3) is 2.76. The molecule has 0 spiro atoms. The standard InChI is InChI=1S/C14H14FNO3/c1-9-10(5-6-19-9)8-16(2)14(18)12-4-3-11(15)7-13(12)17/h3-7,17H,8H2,1-2H3. The number of benzene rings is 1. The van der Waals surface area contributed by atoms with Crippen molar-refractivity contribution in [2.24, 2.45) is 0 Å². The molecule has 0 bridgehead atoms. The molecule has 0 aliphatic rings. The molecule has 0 aliphatic carbocycles. The number of aryl methyl sites for hydroxylation is 1. The van der Waals surface area contributed by atoms with Gasteiger partial charge in [-0.25, -0.2) is 4.39 Å². The van der Waals surface area contributed by atoms with Gasteiger partial charge >= 0.3 is 0 Å². The van der Waals surface area contributed by atoms with Gasteiger partial charge in [0.1, 0.15) is 17.3 Å². The number of carbonyl (C=O) groups excluding carboxylic acids is 1. The van der Waals surface area contributed by atoms with Gasteiger partial charge in [-0.1, -0.05) is 0 Å². The Balaban J connectivity index is 2.17. The van der Waals surface area contributed by atoms with Crippen LogP contribution in [0.25, 0.3) is 0 Å². The number of nitrogens with zero attached hydrogens (tertiary/aromatic N) is 1. The lowest BCUT2D eigenvalue weighted by Crippen LogP contribution is -2.26. The fourth-order valence-electron chi connectivity index (χ4n) is 1.79. The van der Waals surface area contributed by atoms with Crippen molar-refractivity contribution in [3.8, 4) is 5.75 Å². The van der Waals surface area contributed by atoms with E-state index in [0.29, 0.717) is 6.54 Å². The van der Waals surface area contributed by atoms with Crippen molar-refractivity contribution >= 4 is 5.91 Å². The molecule has 2 aromatic rings. The van der Waals surface area contributed by atoms with Crippen LogP contribution in [0, 0.1) is 12.7 Å². The molecule has 0 saturated carbocycles. The van der Waals surface area contributed by atoms with Crippen molar-refractivity contribution in [1.29, 1.82) is 0 Å². The molecule has 0 aliphatic heterocycles. The SMILES string of the molecule is Cc1occc1CN(C)C(=O)c1ccc(F)cc1O. The summed E-state index contributed by atoms with van der Waals surface area (Å²) in [7, 11) is 1.61. The number of furan rings is 1. The van der Waals surface area contributed by atoms with Gasteiger partial charge in [0.05, 0.1) is 11.8 Å². The predicted molar refractivity (Wildman–Crippen MR) is 67.3 cm³/mol. The highest BCUT2D eigenvalue weighted by Crippen LogP contribution is 2.21. The van der Waals surface area contributed by atoms with Gasteiger partial charge < -0.3 is 14.4 Å². The van der Waals surface area contributed by atoms with Crippen LogP contribution in [0.5, 0.6) is 5.75 Å². The number of phenols is 1. The van der Waals surface area contributed by atoms with Gasteiger partial charge in [0.2, 0.25) is 0 Å². The van der Waals surface area contributed by atoms with Crippen LogP contribution < -0.4 is 0 Å². The first-order valence-corrected chi connectivity index (χ1v) is 5.76. The number of rotatable bonds is 3. The Hall–Kier alpha value is -2.30. The van der Waals surface area contributed by atoms with Crippen LogP contribution in [0.2, 0.25) is 0 Å². The minimum absolute atomic E-state index is 0.0741. The molecule has 5 heteroatoms. The van der Waals surface area contributed by atoms with Crippen LogP contribution in [0.3, 0.4) is 0 Å². The third-order valence-electron chi connectivity index (χ3n) is 2.91. The second-order valence-electron chi connectivity index (χ2n) is 4.32. The topological polar surface area (TPSA) is 53.7 Å². The highest BCUT2D eigenvalue weighted by Gasteiger charge is 2.17. The zero-order valence-electron chi connectivity index (χ0n) is 10.7. The van der Waals surface area contributed by atoms with E-state index in [9.17, 15) is 14.3 Å². The molecule has 19 heavy (non-hydrogen) atoms. The molecule has 2 rings (SSSR count). The number of carbonyl (C=O) groups is 1. The van der Waals surface area contributed by atoms with Gasteiger partial charge in [-0.2, -0.15) is 0 Å². The van der Waals surface area contributed by atoms with Gasteiger partial charge in [-0.15, -0.1) is 0 Å². The third-order valence-corrected chi connectivity index (χ3v) is 2.91. The molecule has 0 fully saturated rings. The summed E-state index contributed by atoms with van der Waals surface area (Å²) in [5, 5.41) is 9.59. The number of amides is 1. The van der Waals surface area contributed by atoms with Crippen molar-refractivity contribution in [3.63, 3.8) is 0 Å². The smallest absolute Gasteiger partial charge is 0.257 e. The summed E-state index contributed by atoms with van der Waals surface area (Å²) >= 11 is 0. The Morgan fingerprint density at radius 3 is 2.74 bits per heavy atom. The summed E-state index contributed by atoms with van der Waals surface area (Å²) in [6, 6.07) is 5.11. The Kier molecular flexibility index (Phi) is 3.55. The lowest BCUT2D eigenvalue weighted by Gasteiger charge is -2.17. The average molecular weight is 263 g/mol. The largest absolute Gasteiger partial charge is 0.507 e. The van der Waals surface area contributed by atoms with Crippen LogP contribution in [0.15, 0.2) is 34.9 Å². The Morgan fingerprint density at radius 1 is 1.42 bits per heavy atom. The predicted octanol–water partition coefficient (Wildman–Crippen LogP) is 2.70. The summed E-state index contributed by atoms with van der Waals surface area (Å²) in [5.41, 5.74) is 0.961. The first-order valence-electron chi connectivity index (χ1n) is 5.76. The van der Waals surface area contributed by atoms with Crippen LogP contribution >= 0.6 is 0 Å². The van der Waals surface area contributed by atoms with E-state index < -0.39 is 5.82 Å². The molecule has 0 saturated heterocycles. The maximum atomic E-state index is 12.9. The van der Waals surface area contributed by atoms with Crippen LogP contribution in [0.4, 0.5) is 4.39 Å². The van der Waals surface area contributed by atoms with Gasteiger partial charge in [0, 0.05) is 25.2 Å². The fraction of sp³-hybridized carbons (Fsp3) is 0.214. The van der Waals surface area contributed by atoms with Crippen molar-refractivity contribution in [2.45, 2.75) is 13.5 Å². The Bertz CT molecular complexity index is 606. The van der Waals surface area contributed by atoms with E-state index >= 15 is 0 Å². The molecule has 1 heterocycles. The molecule has 100 valence electrons. The Morgan fingerprint density at radius 2 is 2.16 bits per heavy atom. The highest BCUT2D eigenvalue weighted by molar-refractivity contribution is 5.96. The quantitative estimate of drug-likeness (QED) is 0.926. The zero-order valence-corrected chi connectivity index (χ0v) is 10.7. The van der Waals surface area contributed by atoms with E-state index in [1.165, 1.54) is 11.0 Å².